The Morgan fingerprint density at radius 2 is 1.73 bits per heavy atom. The number of hydrogen-bond acceptors (Lipinski definition) is 3. The van der Waals surface area contributed by atoms with Gasteiger partial charge in [-0.1, -0.05) is 12.8 Å². The number of sulfonamides is 1. The van der Waals surface area contributed by atoms with Gasteiger partial charge < -0.3 is 10.6 Å². The molecule has 0 radical (unpaired) electrons. The summed E-state index contributed by atoms with van der Waals surface area (Å²) in [7, 11) is -5.21. The third-order valence-corrected chi connectivity index (χ3v) is 6.38. The molecule has 1 saturated carbocycles. The predicted molar refractivity (Wildman–Crippen MR) is 106 cm³/mol. The molecule has 0 aromatic carbocycles. The highest BCUT2D eigenvalue weighted by atomic mass is 127. The van der Waals surface area contributed by atoms with E-state index >= 15 is 0 Å². The Bertz CT molecular complexity index is 558. The molecule has 154 valence electrons. The average molecular weight is 512 g/mol. The lowest BCUT2D eigenvalue weighted by Crippen LogP contribution is -2.45. The van der Waals surface area contributed by atoms with Gasteiger partial charge in [0.05, 0.1) is 0 Å². The van der Waals surface area contributed by atoms with Gasteiger partial charge in [0.15, 0.2) is 5.96 Å². The molecule has 0 bridgehead atoms. The van der Waals surface area contributed by atoms with Crippen LogP contribution in [0, 0.1) is 5.92 Å². The van der Waals surface area contributed by atoms with Crippen molar-refractivity contribution < 1.29 is 21.6 Å². The van der Waals surface area contributed by atoms with E-state index in [1.54, 1.807) is 0 Å². The van der Waals surface area contributed by atoms with Crippen LogP contribution in [0.5, 0.6) is 0 Å². The first-order valence-electron chi connectivity index (χ1n) is 8.85. The molecule has 1 saturated heterocycles. The highest BCUT2D eigenvalue weighted by Gasteiger charge is 2.50. The van der Waals surface area contributed by atoms with E-state index in [1.807, 2.05) is 6.92 Å². The van der Waals surface area contributed by atoms with Crippen molar-refractivity contribution in [2.75, 3.05) is 26.2 Å². The quantitative estimate of drug-likeness (QED) is 0.338. The van der Waals surface area contributed by atoms with Crippen molar-refractivity contribution in [1.82, 2.24) is 14.9 Å². The van der Waals surface area contributed by atoms with Crippen LogP contribution in [0.4, 0.5) is 13.2 Å². The fourth-order valence-corrected chi connectivity index (χ4v) is 4.27. The molecule has 2 aliphatic rings. The summed E-state index contributed by atoms with van der Waals surface area (Å²) >= 11 is 0. The standard InChI is InChI=1S/C15H27F3N4O2S.HI/c1-2-19-14(21-13-5-3-4-6-13)20-11-12-7-9-22(10-8-12)25(23,24)15(16,17)18;/h12-13H,2-11H2,1H3,(H2,19,20,21);1H. The van der Waals surface area contributed by atoms with Gasteiger partial charge in [0.1, 0.15) is 0 Å². The van der Waals surface area contributed by atoms with Gasteiger partial charge in [-0.05, 0) is 38.5 Å². The molecule has 26 heavy (non-hydrogen) atoms. The van der Waals surface area contributed by atoms with E-state index in [2.05, 4.69) is 15.6 Å². The molecule has 2 fully saturated rings. The number of halogens is 4. The summed E-state index contributed by atoms with van der Waals surface area (Å²) in [6.07, 6.45) is 5.45. The topological polar surface area (TPSA) is 73.8 Å². The Morgan fingerprint density at radius 1 is 1.15 bits per heavy atom. The van der Waals surface area contributed by atoms with Gasteiger partial charge in [-0.15, -0.1) is 24.0 Å². The minimum Gasteiger partial charge on any atom is -0.357 e. The molecule has 0 amide bonds. The number of aliphatic imine (C=N–C) groups is 1. The average Bonchev–Trinajstić information content (AvgIpc) is 3.05. The normalized spacial score (nSPS) is 21.5. The summed E-state index contributed by atoms with van der Waals surface area (Å²) in [4.78, 5) is 4.54. The van der Waals surface area contributed by atoms with E-state index in [-0.39, 0.29) is 43.0 Å². The summed E-state index contributed by atoms with van der Waals surface area (Å²) in [6, 6.07) is 0.427. The fourth-order valence-electron chi connectivity index (χ4n) is 3.28. The molecule has 0 aromatic heterocycles. The van der Waals surface area contributed by atoms with Crippen LogP contribution < -0.4 is 10.6 Å². The maximum atomic E-state index is 12.6. The highest BCUT2D eigenvalue weighted by Crippen LogP contribution is 2.30. The van der Waals surface area contributed by atoms with E-state index in [0.29, 0.717) is 29.7 Å². The first-order valence-corrected chi connectivity index (χ1v) is 10.3. The molecule has 1 aliphatic heterocycles. The lowest BCUT2D eigenvalue weighted by molar-refractivity contribution is -0.0496. The van der Waals surface area contributed by atoms with Crippen molar-refractivity contribution in [1.29, 1.82) is 0 Å². The predicted octanol–water partition coefficient (Wildman–Crippen LogP) is 2.66. The van der Waals surface area contributed by atoms with Gasteiger partial charge >= 0.3 is 15.5 Å². The van der Waals surface area contributed by atoms with Crippen molar-refractivity contribution in [3.8, 4) is 0 Å². The van der Waals surface area contributed by atoms with Crippen LogP contribution in [0.2, 0.25) is 0 Å². The SMILES string of the molecule is CCNC(=NCC1CCN(S(=O)(=O)C(F)(F)F)CC1)NC1CCCC1.I. The van der Waals surface area contributed by atoms with E-state index in [4.69, 9.17) is 0 Å². The van der Waals surface area contributed by atoms with Gasteiger partial charge in [0.25, 0.3) is 0 Å². The fraction of sp³-hybridized carbons (Fsp3) is 0.933. The Hall–Kier alpha value is -0.300. The van der Waals surface area contributed by atoms with Crippen LogP contribution in [0.15, 0.2) is 4.99 Å². The summed E-state index contributed by atoms with van der Waals surface area (Å²) in [5, 5.41) is 6.58. The molecule has 0 unspecified atom stereocenters. The molecular weight excluding hydrogens is 484 g/mol. The molecule has 0 atom stereocenters. The Kier molecular flexibility index (Phi) is 9.40. The van der Waals surface area contributed by atoms with Crippen LogP contribution in [0.1, 0.15) is 45.4 Å². The van der Waals surface area contributed by atoms with Crippen molar-refractivity contribution in [2.45, 2.75) is 57.0 Å². The van der Waals surface area contributed by atoms with Gasteiger partial charge in [-0.3, -0.25) is 4.99 Å². The molecule has 11 heteroatoms. The third-order valence-electron chi connectivity index (χ3n) is 4.75. The summed E-state index contributed by atoms with van der Waals surface area (Å²) in [5.41, 5.74) is -5.22. The maximum absolute atomic E-state index is 12.6. The number of guanidine groups is 1. The van der Waals surface area contributed by atoms with Gasteiger partial charge in [0, 0.05) is 32.2 Å². The summed E-state index contributed by atoms with van der Waals surface area (Å²) in [6.45, 7) is 3.00. The zero-order valence-electron chi connectivity index (χ0n) is 14.9. The monoisotopic (exact) mass is 512 g/mol. The number of nitrogens with one attached hydrogen (secondary N) is 2. The Balaban J connectivity index is 0.00000338. The van der Waals surface area contributed by atoms with Crippen LogP contribution >= 0.6 is 24.0 Å². The number of hydrogen-bond donors (Lipinski definition) is 2. The van der Waals surface area contributed by atoms with Gasteiger partial charge in [-0.2, -0.15) is 17.5 Å². The van der Waals surface area contributed by atoms with Crippen LogP contribution in [-0.4, -0.2) is 56.4 Å². The van der Waals surface area contributed by atoms with Crippen molar-refractivity contribution in [3.63, 3.8) is 0 Å². The Labute approximate surface area is 170 Å². The van der Waals surface area contributed by atoms with E-state index in [1.165, 1.54) is 12.8 Å². The number of piperidine rings is 1. The highest BCUT2D eigenvalue weighted by molar-refractivity contribution is 14.0. The van der Waals surface area contributed by atoms with Gasteiger partial charge in [-0.25, -0.2) is 8.42 Å². The van der Waals surface area contributed by atoms with E-state index in [0.717, 1.165) is 25.3 Å². The molecule has 0 aromatic rings. The lowest BCUT2D eigenvalue weighted by Gasteiger charge is -2.31. The Morgan fingerprint density at radius 3 is 2.23 bits per heavy atom. The van der Waals surface area contributed by atoms with Crippen molar-refractivity contribution in [3.05, 3.63) is 0 Å². The lowest BCUT2D eigenvalue weighted by atomic mass is 9.98. The molecule has 0 spiro atoms. The van der Waals surface area contributed by atoms with Gasteiger partial charge in [0.2, 0.25) is 0 Å². The maximum Gasteiger partial charge on any atom is 0.511 e. The van der Waals surface area contributed by atoms with Crippen LogP contribution in [0.25, 0.3) is 0 Å². The zero-order valence-corrected chi connectivity index (χ0v) is 18.0. The number of alkyl halides is 3. The minimum absolute atomic E-state index is 0. The largest absolute Gasteiger partial charge is 0.511 e. The van der Waals surface area contributed by atoms with E-state index in [9.17, 15) is 21.6 Å². The van der Waals surface area contributed by atoms with Crippen molar-refractivity contribution >= 4 is 40.0 Å². The van der Waals surface area contributed by atoms with Crippen LogP contribution in [-0.2, 0) is 10.0 Å². The smallest absolute Gasteiger partial charge is 0.357 e. The first-order chi connectivity index (χ1) is 11.7. The number of nitrogens with zero attached hydrogens (tertiary/aromatic N) is 2. The molecule has 2 N–H and O–H groups in total. The number of rotatable bonds is 5. The summed E-state index contributed by atoms with van der Waals surface area (Å²) < 4.78 is 61.1. The molecule has 1 aliphatic carbocycles. The second kappa shape index (κ2) is 10.3. The minimum atomic E-state index is -5.22. The second-order valence-corrected chi connectivity index (χ2v) is 8.57. The molecule has 2 rings (SSSR count). The van der Waals surface area contributed by atoms with Crippen LogP contribution in [0.3, 0.4) is 0 Å². The molecule has 6 nitrogen and oxygen atoms in total. The second-order valence-electron chi connectivity index (χ2n) is 6.64. The zero-order chi connectivity index (χ0) is 18.5. The third kappa shape index (κ3) is 6.39. The molecule has 1 heterocycles. The first kappa shape index (κ1) is 23.7. The summed E-state index contributed by atoms with van der Waals surface area (Å²) in [5.74, 6) is 0.832. The van der Waals surface area contributed by atoms with E-state index < -0.39 is 15.5 Å². The van der Waals surface area contributed by atoms with Crippen molar-refractivity contribution in [2.24, 2.45) is 10.9 Å². The molecular formula is C15H28F3IN4O2S.